The average Bonchev–Trinajstić information content (AvgIpc) is 2.48. The van der Waals surface area contributed by atoms with Gasteiger partial charge in [0.2, 0.25) is 0 Å². The standard InChI is InChI=1S/2C40H52O4/c2*1-27(17-13-19-29(3)21-23-33-31(5)37(43)35(41)25-39(33,7)8)15-11-12-16-28(2)18-14-20-30(4)22-24-34-32(6)38(44)36(42)26-40(34,9)10/h2*11-24,35-36,41-42H,25-26H2,1-10H3/b2*12-11+,17-13+,18-14+,23-21+,24-22+,27-15+,28-16+,29-19+,30-20+. The predicted molar refractivity (Wildman–Crippen MR) is 370 cm³/mol. The molecule has 0 aromatic carbocycles. The Kier molecular flexibility index (Phi) is 29.0. The summed E-state index contributed by atoms with van der Waals surface area (Å²) in [6, 6.07) is 0. The number of ketones is 4. The number of carbonyl (C=O) groups excluding carboxylic acids is 4. The molecule has 4 aliphatic rings. The van der Waals surface area contributed by atoms with E-state index in [4.69, 9.17) is 0 Å². The molecule has 0 saturated carbocycles. The number of hydrogen-bond acceptors (Lipinski definition) is 8. The van der Waals surface area contributed by atoms with Crippen LogP contribution in [0.1, 0.15) is 164 Å². The molecule has 0 fully saturated rings. The van der Waals surface area contributed by atoms with Gasteiger partial charge in [0.15, 0.2) is 23.1 Å². The largest absolute Gasteiger partial charge is 0.385 e. The number of carbonyl (C=O) groups is 4. The summed E-state index contributed by atoms with van der Waals surface area (Å²) in [6.07, 6.45) is 55.0. The van der Waals surface area contributed by atoms with Crippen LogP contribution < -0.4 is 0 Å². The fourth-order valence-electron chi connectivity index (χ4n) is 11.2. The van der Waals surface area contributed by atoms with E-state index in [1.54, 1.807) is 27.7 Å². The summed E-state index contributed by atoms with van der Waals surface area (Å²) in [4.78, 5) is 48.9. The van der Waals surface area contributed by atoms with Crippen molar-refractivity contribution < 1.29 is 39.6 Å². The highest BCUT2D eigenvalue weighted by Crippen LogP contribution is 2.43. The summed E-state index contributed by atoms with van der Waals surface area (Å²) in [5.74, 6) is -0.699. The fraction of sp³-hybridized carbons (Fsp3) is 0.400. The van der Waals surface area contributed by atoms with Gasteiger partial charge in [-0.1, -0.05) is 270 Å². The topological polar surface area (TPSA) is 149 Å². The van der Waals surface area contributed by atoms with E-state index in [-0.39, 0.29) is 44.8 Å². The molecule has 0 amide bonds. The number of Topliss-reactive ketones (excluding diaryl/α,β-unsaturated/α-hetero) is 4. The lowest BCUT2D eigenvalue weighted by Gasteiger charge is -2.34. The second kappa shape index (κ2) is 34.0. The molecule has 0 radical (unpaired) electrons. The van der Waals surface area contributed by atoms with Crippen LogP contribution in [0.25, 0.3) is 0 Å². The van der Waals surface area contributed by atoms with Crippen molar-refractivity contribution in [2.75, 3.05) is 0 Å². The Morgan fingerprint density at radius 3 is 0.602 bits per heavy atom. The lowest BCUT2D eigenvalue weighted by molar-refractivity contribution is -0.126. The second-order valence-electron chi connectivity index (χ2n) is 26.9. The summed E-state index contributed by atoms with van der Waals surface area (Å²) < 4.78 is 0. The minimum atomic E-state index is -0.907. The molecular weight excluding hydrogens is 1090 g/mol. The van der Waals surface area contributed by atoms with Gasteiger partial charge in [0, 0.05) is 0 Å². The molecular formula is C80H104O8. The zero-order valence-electron chi connectivity index (χ0n) is 56.7. The van der Waals surface area contributed by atoms with Crippen LogP contribution in [0.5, 0.6) is 0 Å². The molecule has 88 heavy (non-hydrogen) atoms. The fourth-order valence-corrected chi connectivity index (χ4v) is 11.2. The van der Waals surface area contributed by atoms with E-state index in [2.05, 4.69) is 132 Å². The molecule has 4 aliphatic carbocycles. The van der Waals surface area contributed by atoms with Gasteiger partial charge < -0.3 is 20.4 Å². The molecule has 8 nitrogen and oxygen atoms in total. The maximum atomic E-state index is 12.2. The highest BCUT2D eigenvalue weighted by Gasteiger charge is 2.40. The molecule has 0 aromatic heterocycles. The maximum absolute atomic E-state index is 12.2. The van der Waals surface area contributed by atoms with Crippen molar-refractivity contribution in [1.82, 2.24) is 0 Å². The minimum absolute atomic E-state index is 0.175. The van der Waals surface area contributed by atoms with E-state index in [1.165, 1.54) is 0 Å². The first-order valence-electron chi connectivity index (χ1n) is 30.8. The first-order valence-corrected chi connectivity index (χ1v) is 30.8. The molecule has 4 rings (SSSR count). The van der Waals surface area contributed by atoms with Gasteiger partial charge in [0.1, 0.15) is 24.4 Å². The molecule has 472 valence electrons. The van der Waals surface area contributed by atoms with E-state index < -0.39 is 24.4 Å². The molecule has 4 N–H and O–H groups in total. The maximum Gasteiger partial charge on any atom is 0.187 e. The third-order valence-corrected chi connectivity index (χ3v) is 16.6. The Morgan fingerprint density at radius 1 is 0.284 bits per heavy atom. The molecule has 0 aromatic rings. The normalized spacial score (nSPS) is 24.5. The zero-order chi connectivity index (χ0) is 66.5. The molecule has 4 atom stereocenters. The molecule has 0 bridgehead atoms. The third kappa shape index (κ3) is 23.4. The SMILES string of the molecule is CC1=C(/C=C/C(C)=C/C=C/C(C)=C/C=C/C=C(C)/C=C/C=C(C)/C=C/C2=C(C)C(=O)C(O)CC2(C)C)C(C)(C)CC(O)C1=O.CC1=C(/C=C/C(C)=C/C=C/C(C)=C/C=C/C=C(C)/C=C/C=C(C)/C=C/C2=C(C)C(=O)C(O)CC2(C)C)C(C)(C)CC(O)C1=O. The summed E-state index contributed by atoms with van der Waals surface area (Å²) >= 11 is 0. The Morgan fingerprint density at radius 2 is 0.432 bits per heavy atom. The highest BCUT2D eigenvalue weighted by molar-refractivity contribution is 6.02. The van der Waals surface area contributed by atoms with E-state index in [0.717, 1.165) is 66.9 Å². The van der Waals surface area contributed by atoms with Crippen LogP contribution in [0.4, 0.5) is 0 Å². The number of allylic oxidation sites excluding steroid dienone is 40. The monoisotopic (exact) mass is 1190 g/mol. The smallest absolute Gasteiger partial charge is 0.187 e. The van der Waals surface area contributed by atoms with Gasteiger partial charge >= 0.3 is 0 Å². The summed E-state index contributed by atoms with van der Waals surface area (Å²) in [6.45, 7) is 40.0. The molecule has 0 saturated heterocycles. The van der Waals surface area contributed by atoms with Crippen LogP contribution in [-0.2, 0) is 19.2 Å². The van der Waals surface area contributed by atoms with E-state index in [0.29, 0.717) is 48.0 Å². The van der Waals surface area contributed by atoms with Crippen LogP contribution in [0.3, 0.4) is 0 Å². The highest BCUT2D eigenvalue weighted by atomic mass is 16.3. The average molecular weight is 1190 g/mol. The van der Waals surface area contributed by atoms with Crippen molar-refractivity contribution in [3.05, 3.63) is 259 Å². The molecule has 0 spiro atoms. The molecule has 0 heterocycles. The van der Waals surface area contributed by atoms with E-state index in [9.17, 15) is 39.6 Å². The van der Waals surface area contributed by atoms with E-state index >= 15 is 0 Å². The number of aliphatic hydroxyl groups is 4. The first-order chi connectivity index (χ1) is 40.9. The van der Waals surface area contributed by atoms with Crippen LogP contribution >= 0.6 is 0 Å². The van der Waals surface area contributed by atoms with Crippen molar-refractivity contribution in [2.45, 2.75) is 189 Å². The Hall–Kier alpha value is -7.20. The quantitative estimate of drug-likeness (QED) is 0.0881. The van der Waals surface area contributed by atoms with Gasteiger partial charge in [-0.3, -0.25) is 19.2 Å². The van der Waals surface area contributed by atoms with Gasteiger partial charge in [0.25, 0.3) is 0 Å². The van der Waals surface area contributed by atoms with Crippen molar-refractivity contribution in [2.24, 2.45) is 21.7 Å². The van der Waals surface area contributed by atoms with Crippen molar-refractivity contribution in [3.8, 4) is 0 Å². The van der Waals surface area contributed by atoms with Crippen LogP contribution in [-0.4, -0.2) is 68.0 Å². The minimum Gasteiger partial charge on any atom is -0.385 e. The number of aliphatic hydroxyl groups excluding tert-OH is 4. The van der Waals surface area contributed by atoms with E-state index in [1.807, 2.05) is 149 Å². The molecule has 0 aliphatic heterocycles. The predicted octanol–water partition coefficient (Wildman–Crippen LogP) is 17.8. The zero-order valence-corrected chi connectivity index (χ0v) is 56.7. The third-order valence-electron chi connectivity index (χ3n) is 16.6. The lowest BCUT2D eigenvalue weighted by atomic mass is 9.71. The van der Waals surface area contributed by atoms with Gasteiger partial charge in [-0.25, -0.2) is 0 Å². The summed E-state index contributed by atoms with van der Waals surface area (Å²) in [5, 5.41) is 40.1. The van der Waals surface area contributed by atoms with Gasteiger partial charge in [-0.15, -0.1) is 0 Å². The van der Waals surface area contributed by atoms with Crippen LogP contribution in [0.15, 0.2) is 259 Å². The second-order valence-corrected chi connectivity index (χ2v) is 26.9. The summed E-state index contributed by atoms with van der Waals surface area (Å²) in [5.41, 5.74) is 14.3. The Bertz CT molecular complexity index is 2910. The van der Waals surface area contributed by atoms with Gasteiger partial charge in [0.05, 0.1) is 0 Å². The van der Waals surface area contributed by atoms with Crippen molar-refractivity contribution >= 4 is 23.1 Å². The molecule has 8 heteroatoms. The number of hydrogen-bond donors (Lipinski definition) is 4. The Balaban J connectivity index is 0.000000460. The van der Waals surface area contributed by atoms with Crippen LogP contribution in [0, 0.1) is 21.7 Å². The van der Waals surface area contributed by atoms with Gasteiger partial charge in [-0.2, -0.15) is 0 Å². The van der Waals surface area contributed by atoms with Gasteiger partial charge in [-0.05, 0) is 175 Å². The lowest BCUT2D eigenvalue weighted by Crippen LogP contribution is -2.35. The van der Waals surface area contributed by atoms with Crippen LogP contribution in [0.2, 0.25) is 0 Å². The summed E-state index contributed by atoms with van der Waals surface area (Å²) in [7, 11) is 0. The molecule has 4 unspecified atom stereocenters. The van der Waals surface area contributed by atoms with Crippen molar-refractivity contribution in [1.29, 1.82) is 0 Å². The van der Waals surface area contributed by atoms with Crippen molar-refractivity contribution in [3.63, 3.8) is 0 Å². The number of rotatable bonds is 20. The first kappa shape index (κ1) is 75.1. The Labute approximate surface area is 529 Å².